The van der Waals surface area contributed by atoms with Crippen LogP contribution in [0.15, 0.2) is 71.2 Å². The number of rotatable bonds is 5. The zero-order chi connectivity index (χ0) is 24.0. The van der Waals surface area contributed by atoms with Crippen LogP contribution in [0.1, 0.15) is 29.5 Å². The van der Waals surface area contributed by atoms with Crippen molar-refractivity contribution in [2.24, 2.45) is 0 Å². The van der Waals surface area contributed by atoms with E-state index in [0.29, 0.717) is 28.1 Å². The van der Waals surface area contributed by atoms with E-state index in [1.54, 1.807) is 54.6 Å². The number of hydrogen-bond acceptors (Lipinski definition) is 5. The molecule has 2 aliphatic heterocycles. The lowest BCUT2D eigenvalue weighted by Crippen LogP contribution is -2.54. The Balaban J connectivity index is 1.58. The standard InChI is InChI=1S/C25H21BrFN3O4/c1-14-22(18-12-16(26)9-10-21(18)34-13-15-5-4-6-17(27)11-15)23(30(32)33)25(29-14)19-7-2-3-8-20(19)28-24(25)31/h2-12,14,22-23,29H,13H2,1H3,(H,28,31)/t14-,22-,23-,25-/m0/s1. The minimum absolute atomic E-state index is 0.0957. The van der Waals surface area contributed by atoms with E-state index in [9.17, 15) is 19.3 Å². The second-order valence-electron chi connectivity index (χ2n) is 8.60. The summed E-state index contributed by atoms with van der Waals surface area (Å²) in [6.07, 6.45) is 0. The first-order valence-electron chi connectivity index (χ1n) is 10.8. The third kappa shape index (κ3) is 3.56. The molecular weight excluding hydrogens is 505 g/mol. The Hall–Kier alpha value is -3.30. The first-order chi connectivity index (χ1) is 16.3. The molecule has 2 N–H and O–H groups in total. The zero-order valence-electron chi connectivity index (χ0n) is 18.1. The van der Waals surface area contributed by atoms with Crippen LogP contribution in [0, 0.1) is 15.9 Å². The van der Waals surface area contributed by atoms with Gasteiger partial charge in [0.2, 0.25) is 0 Å². The number of nitrogens with one attached hydrogen (secondary N) is 2. The van der Waals surface area contributed by atoms with Gasteiger partial charge in [-0.25, -0.2) is 4.39 Å². The van der Waals surface area contributed by atoms with Crippen LogP contribution in [-0.2, 0) is 16.9 Å². The monoisotopic (exact) mass is 525 g/mol. The lowest BCUT2D eigenvalue weighted by molar-refractivity contribution is -0.532. The lowest BCUT2D eigenvalue weighted by Gasteiger charge is -2.26. The summed E-state index contributed by atoms with van der Waals surface area (Å²) in [4.78, 5) is 25.4. The van der Waals surface area contributed by atoms with Crippen molar-refractivity contribution in [3.05, 3.63) is 104 Å². The number of ether oxygens (including phenoxy) is 1. The van der Waals surface area contributed by atoms with E-state index in [1.165, 1.54) is 12.1 Å². The van der Waals surface area contributed by atoms with Gasteiger partial charge in [0.05, 0.1) is 5.92 Å². The third-order valence-corrected chi connectivity index (χ3v) is 7.07. The minimum atomic E-state index is -1.51. The smallest absolute Gasteiger partial charge is 0.256 e. The number of halogens is 2. The van der Waals surface area contributed by atoms with E-state index in [4.69, 9.17) is 4.74 Å². The number of carbonyl (C=O) groups excluding carboxylic acids is 1. The van der Waals surface area contributed by atoms with Crippen LogP contribution < -0.4 is 15.4 Å². The van der Waals surface area contributed by atoms with Gasteiger partial charge in [0, 0.05) is 32.3 Å². The molecule has 2 aliphatic rings. The third-order valence-electron chi connectivity index (χ3n) is 6.58. The quantitative estimate of drug-likeness (QED) is 0.370. The summed E-state index contributed by atoms with van der Waals surface area (Å²) in [7, 11) is 0. The normalized spacial score (nSPS) is 25.3. The van der Waals surface area contributed by atoms with Crippen molar-refractivity contribution in [2.75, 3.05) is 5.32 Å². The van der Waals surface area contributed by atoms with Gasteiger partial charge in [-0.05, 0) is 48.9 Å². The Bertz CT molecular complexity index is 1300. The maximum absolute atomic E-state index is 13.6. The number of fused-ring (bicyclic) bond motifs is 2. The summed E-state index contributed by atoms with van der Waals surface area (Å²) < 4.78 is 20.4. The van der Waals surface area contributed by atoms with Crippen LogP contribution in [0.3, 0.4) is 0 Å². The summed E-state index contributed by atoms with van der Waals surface area (Å²) >= 11 is 3.46. The molecule has 3 aromatic carbocycles. The molecule has 34 heavy (non-hydrogen) atoms. The Morgan fingerprint density at radius 1 is 1.15 bits per heavy atom. The number of carbonyl (C=O) groups is 1. The summed E-state index contributed by atoms with van der Waals surface area (Å²) in [5, 5.41) is 18.6. The highest BCUT2D eigenvalue weighted by Crippen LogP contribution is 2.51. The topological polar surface area (TPSA) is 93.5 Å². The number of hydrogen-bond donors (Lipinski definition) is 2. The number of nitro groups is 1. The van der Waals surface area contributed by atoms with Gasteiger partial charge in [-0.15, -0.1) is 0 Å². The molecule has 1 fully saturated rings. The van der Waals surface area contributed by atoms with Gasteiger partial charge >= 0.3 is 0 Å². The van der Waals surface area contributed by atoms with E-state index in [1.807, 2.05) is 6.92 Å². The number of para-hydroxylation sites is 1. The second-order valence-corrected chi connectivity index (χ2v) is 9.51. The number of benzene rings is 3. The van der Waals surface area contributed by atoms with Crippen LogP contribution in [0.5, 0.6) is 5.75 Å². The zero-order valence-corrected chi connectivity index (χ0v) is 19.7. The fraction of sp³-hybridized carbons (Fsp3) is 0.240. The molecule has 1 amide bonds. The molecular formula is C25H21BrFN3O4. The van der Waals surface area contributed by atoms with Gasteiger partial charge in [0.1, 0.15) is 18.2 Å². The average molecular weight is 526 g/mol. The summed E-state index contributed by atoms with van der Waals surface area (Å²) in [5.41, 5.74) is 0.857. The van der Waals surface area contributed by atoms with Crippen molar-refractivity contribution in [1.82, 2.24) is 5.32 Å². The van der Waals surface area contributed by atoms with Gasteiger partial charge < -0.3 is 10.1 Å². The van der Waals surface area contributed by atoms with Crippen molar-refractivity contribution < 1.29 is 18.8 Å². The Morgan fingerprint density at radius 2 is 1.94 bits per heavy atom. The molecule has 2 heterocycles. The molecule has 0 aromatic heterocycles. The average Bonchev–Trinajstić information content (AvgIpc) is 3.26. The van der Waals surface area contributed by atoms with Crippen molar-refractivity contribution in [1.29, 1.82) is 0 Å². The maximum atomic E-state index is 13.6. The summed E-state index contributed by atoms with van der Waals surface area (Å²) in [5.74, 6) is -1.04. The minimum Gasteiger partial charge on any atom is -0.489 e. The van der Waals surface area contributed by atoms with Gasteiger partial charge in [0.25, 0.3) is 11.9 Å². The maximum Gasteiger partial charge on any atom is 0.256 e. The van der Waals surface area contributed by atoms with E-state index in [-0.39, 0.29) is 17.3 Å². The molecule has 5 rings (SSSR count). The van der Waals surface area contributed by atoms with Crippen LogP contribution in [-0.4, -0.2) is 22.9 Å². The molecule has 0 aliphatic carbocycles. The molecule has 0 radical (unpaired) electrons. The van der Waals surface area contributed by atoms with Crippen LogP contribution in [0.25, 0.3) is 0 Å². The fourth-order valence-corrected chi connectivity index (χ4v) is 5.60. The molecule has 0 saturated carbocycles. The molecule has 3 aromatic rings. The fourth-order valence-electron chi connectivity index (χ4n) is 5.22. The van der Waals surface area contributed by atoms with Gasteiger partial charge in [-0.1, -0.05) is 46.3 Å². The summed E-state index contributed by atoms with van der Waals surface area (Å²) in [6.45, 7) is 1.93. The van der Waals surface area contributed by atoms with Crippen molar-refractivity contribution in [3.63, 3.8) is 0 Å². The number of anilines is 1. The van der Waals surface area contributed by atoms with Gasteiger partial charge in [-0.3, -0.25) is 20.2 Å². The van der Waals surface area contributed by atoms with Gasteiger partial charge in [-0.2, -0.15) is 0 Å². The first-order valence-corrected chi connectivity index (χ1v) is 11.6. The summed E-state index contributed by atoms with van der Waals surface area (Å²) in [6, 6.07) is 16.7. The highest BCUT2D eigenvalue weighted by molar-refractivity contribution is 9.10. The predicted octanol–water partition coefficient (Wildman–Crippen LogP) is 4.74. The van der Waals surface area contributed by atoms with E-state index in [2.05, 4.69) is 26.6 Å². The predicted molar refractivity (Wildman–Crippen MR) is 128 cm³/mol. The molecule has 1 saturated heterocycles. The SMILES string of the molecule is C[C@@H]1N[C@]2(C(=O)Nc3ccccc32)[C@@H]([N+](=O)[O-])[C@@H]1c1cc(Br)ccc1OCc1cccc(F)c1. The van der Waals surface area contributed by atoms with E-state index < -0.39 is 29.4 Å². The Kier molecular flexibility index (Phi) is 5.61. The highest BCUT2D eigenvalue weighted by Gasteiger charge is 2.68. The molecule has 1 spiro atoms. The molecule has 0 bridgehead atoms. The molecule has 174 valence electrons. The van der Waals surface area contributed by atoms with Gasteiger partial charge in [0.15, 0.2) is 5.54 Å². The molecule has 0 unspecified atom stereocenters. The largest absolute Gasteiger partial charge is 0.489 e. The lowest BCUT2D eigenvalue weighted by atomic mass is 9.78. The van der Waals surface area contributed by atoms with Crippen LogP contribution >= 0.6 is 15.9 Å². The molecule has 4 atom stereocenters. The van der Waals surface area contributed by atoms with E-state index >= 15 is 0 Å². The second kappa shape index (κ2) is 8.48. The van der Waals surface area contributed by atoms with Crippen molar-refractivity contribution in [3.8, 4) is 5.75 Å². The molecule has 7 nitrogen and oxygen atoms in total. The van der Waals surface area contributed by atoms with Crippen LogP contribution in [0.4, 0.5) is 10.1 Å². The van der Waals surface area contributed by atoms with Crippen LogP contribution in [0.2, 0.25) is 0 Å². The number of nitrogens with zero attached hydrogens (tertiary/aromatic N) is 1. The number of amides is 1. The highest BCUT2D eigenvalue weighted by atomic mass is 79.9. The first kappa shape index (κ1) is 22.5. The molecule has 9 heteroatoms. The van der Waals surface area contributed by atoms with E-state index in [0.717, 1.165) is 4.47 Å². The van der Waals surface area contributed by atoms with Crippen molar-refractivity contribution >= 4 is 27.5 Å². The van der Waals surface area contributed by atoms with Crippen molar-refractivity contribution in [2.45, 2.75) is 37.1 Å². The Labute approximate surface area is 203 Å². The Morgan fingerprint density at radius 3 is 2.71 bits per heavy atom.